The van der Waals surface area contributed by atoms with Gasteiger partial charge in [-0.2, -0.15) is 4.58 Å². The van der Waals surface area contributed by atoms with Crippen molar-refractivity contribution in [2.45, 2.75) is 33.1 Å². The Morgan fingerprint density at radius 2 is 1.73 bits per heavy atom. The molecule has 0 saturated carbocycles. The van der Waals surface area contributed by atoms with E-state index in [2.05, 4.69) is 59.7 Å². The van der Waals surface area contributed by atoms with Crippen LogP contribution in [0.2, 0.25) is 0 Å². The van der Waals surface area contributed by atoms with Crippen molar-refractivity contribution in [3.05, 3.63) is 70.8 Å². The summed E-state index contributed by atoms with van der Waals surface area (Å²) in [5.74, 6) is -0.323. The quantitative estimate of drug-likeness (QED) is 0.387. The zero-order chi connectivity index (χ0) is 23.2. The number of fused-ring (bicyclic) bond motifs is 1. The van der Waals surface area contributed by atoms with Crippen LogP contribution in [0.15, 0.2) is 52.9 Å². The molecule has 172 valence electrons. The molecule has 0 amide bonds. The van der Waals surface area contributed by atoms with Crippen molar-refractivity contribution < 1.29 is 13.9 Å². The Bertz CT molecular complexity index is 1210. The average molecular weight is 446 g/mol. The van der Waals surface area contributed by atoms with Gasteiger partial charge >= 0.3 is 11.5 Å². The van der Waals surface area contributed by atoms with Crippen LogP contribution in [0.25, 0.3) is 23.1 Å². The van der Waals surface area contributed by atoms with Crippen LogP contribution in [0.3, 0.4) is 0 Å². The zero-order valence-corrected chi connectivity index (χ0v) is 19.8. The lowest BCUT2D eigenvalue weighted by Gasteiger charge is -2.21. The highest BCUT2D eigenvalue weighted by atomic mass is 16.5. The summed E-state index contributed by atoms with van der Waals surface area (Å²) < 4.78 is 13.6. The summed E-state index contributed by atoms with van der Waals surface area (Å²) in [5.41, 5.74) is 5.72. The van der Waals surface area contributed by atoms with Gasteiger partial charge in [-0.15, -0.1) is 0 Å². The van der Waals surface area contributed by atoms with Crippen molar-refractivity contribution in [2.75, 3.05) is 38.2 Å². The third-order valence-corrected chi connectivity index (χ3v) is 6.35. The Morgan fingerprint density at radius 1 is 1.00 bits per heavy atom. The van der Waals surface area contributed by atoms with Crippen molar-refractivity contribution in [1.29, 1.82) is 0 Å². The van der Waals surface area contributed by atoms with Crippen molar-refractivity contribution >= 4 is 34.8 Å². The standard InChI is InChI=1S/C28H33N2O3/c1-4-29(5-2)24-15-16-25-23(14-11-21-9-12-22(13-10-21)28(31)32-3)19-27(33-26(25)20-24)30-17-7-6-8-18-30/h9-16,19-20H,4-8,17-18H2,1-3H3/q+1/b14-11+. The van der Waals surface area contributed by atoms with Crippen LogP contribution in [0.1, 0.15) is 54.6 Å². The zero-order valence-electron chi connectivity index (χ0n) is 19.8. The molecule has 2 heterocycles. The molecular weight excluding hydrogens is 412 g/mol. The van der Waals surface area contributed by atoms with Gasteiger partial charge in [-0.3, -0.25) is 0 Å². The fourth-order valence-corrected chi connectivity index (χ4v) is 4.41. The lowest BCUT2D eigenvalue weighted by molar-refractivity contribution is 0.0600. The largest absolute Gasteiger partial charge is 0.465 e. The molecule has 1 fully saturated rings. The molecule has 0 atom stereocenters. The predicted octanol–water partition coefficient (Wildman–Crippen LogP) is 5.19. The number of carbonyl (C=O) groups excluding carboxylic acids is 1. The Kier molecular flexibility index (Phi) is 7.28. The number of esters is 1. The van der Waals surface area contributed by atoms with Crippen LogP contribution in [-0.4, -0.2) is 39.3 Å². The molecule has 0 bridgehead atoms. The summed E-state index contributed by atoms with van der Waals surface area (Å²) in [7, 11) is 1.40. The van der Waals surface area contributed by atoms with Crippen molar-refractivity contribution in [3.63, 3.8) is 0 Å². The number of rotatable bonds is 6. The van der Waals surface area contributed by atoms with E-state index in [-0.39, 0.29) is 5.97 Å². The number of carbonyl (C=O) groups is 1. The average Bonchev–Trinajstić information content (AvgIpc) is 2.88. The first-order chi connectivity index (χ1) is 16.1. The summed E-state index contributed by atoms with van der Waals surface area (Å²) in [6.07, 6.45) is 7.89. The number of piperidine rings is 1. The second kappa shape index (κ2) is 10.5. The smallest absolute Gasteiger partial charge is 0.368 e. The molecule has 1 aliphatic rings. The van der Waals surface area contributed by atoms with E-state index < -0.39 is 0 Å². The topological polar surface area (TPSA) is 45.7 Å². The highest BCUT2D eigenvalue weighted by molar-refractivity contribution is 5.92. The molecule has 0 aliphatic carbocycles. The van der Waals surface area contributed by atoms with Gasteiger partial charge < -0.3 is 14.1 Å². The molecule has 5 nitrogen and oxygen atoms in total. The number of anilines is 1. The molecule has 1 saturated heterocycles. The SMILES string of the molecule is CCN(CC)c1ccc2c(/C=C/c3ccc(C(=O)OC)cc3)cc(=[N+]3CCCCC3)oc2c1. The first-order valence-corrected chi connectivity index (χ1v) is 11.9. The van der Waals surface area contributed by atoms with E-state index in [9.17, 15) is 4.79 Å². The molecule has 0 radical (unpaired) electrons. The number of hydrogen-bond donors (Lipinski definition) is 0. The van der Waals surface area contributed by atoms with Gasteiger partial charge in [0, 0.05) is 43.1 Å². The summed E-state index contributed by atoms with van der Waals surface area (Å²) in [4.78, 5) is 14.0. The van der Waals surface area contributed by atoms with Crippen LogP contribution >= 0.6 is 0 Å². The number of hydrogen-bond acceptors (Lipinski definition) is 4. The van der Waals surface area contributed by atoms with Gasteiger partial charge in [0.2, 0.25) is 0 Å². The minimum atomic E-state index is -0.323. The fourth-order valence-electron chi connectivity index (χ4n) is 4.41. The first-order valence-electron chi connectivity index (χ1n) is 11.9. The van der Waals surface area contributed by atoms with Crippen LogP contribution in [-0.2, 0) is 4.74 Å². The fraction of sp³-hybridized carbons (Fsp3) is 0.357. The maximum absolute atomic E-state index is 11.7. The van der Waals surface area contributed by atoms with Crippen molar-refractivity contribution in [2.24, 2.45) is 0 Å². The van der Waals surface area contributed by atoms with Crippen LogP contribution in [0, 0.1) is 0 Å². The van der Waals surface area contributed by atoms with Crippen LogP contribution < -0.4 is 15.0 Å². The van der Waals surface area contributed by atoms with Gasteiger partial charge in [-0.05, 0) is 55.7 Å². The van der Waals surface area contributed by atoms with Crippen LogP contribution in [0.4, 0.5) is 5.69 Å². The van der Waals surface area contributed by atoms with Crippen molar-refractivity contribution in [3.8, 4) is 0 Å². The Labute approximate surface area is 195 Å². The lowest BCUT2D eigenvalue weighted by atomic mass is 10.1. The highest BCUT2D eigenvalue weighted by Gasteiger charge is 2.15. The summed E-state index contributed by atoms with van der Waals surface area (Å²) in [6.45, 7) is 8.33. The number of benzene rings is 2. The third kappa shape index (κ3) is 5.19. The monoisotopic (exact) mass is 445 g/mol. The van der Waals surface area contributed by atoms with E-state index in [4.69, 9.17) is 9.15 Å². The van der Waals surface area contributed by atoms with E-state index in [1.807, 2.05) is 12.1 Å². The second-order valence-corrected chi connectivity index (χ2v) is 8.39. The van der Waals surface area contributed by atoms with Gasteiger partial charge in [-0.25, -0.2) is 4.79 Å². The maximum atomic E-state index is 11.7. The molecule has 33 heavy (non-hydrogen) atoms. The van der Waals surface area contributed by atoms with E-state index in [0.717, 1.165) is 53.8 Å². The van der Waals surface area contributed by atoms with E-state index in [1.54, 1.807) is 12.1 Å². The third-order valence-electron chi connectivity index (χ3n) is 6.35. The highest BCUT2D eigenvalue weighted by Crippen LogP contribution is 2.25. The molecule has 2 aromatic carbocycles. The summed E-state index contributed by atoms with van der Waals surface area (Å²) in [5, 5.41) is 1.09. The number of ether oxygens (including phenoxy) is 1. The van der Waals surface area contributed by atoms with Crippen LogP contribution in [0.5, 0.6) is 0 Å². The Balaban J connectivity index is 1.78. The molecule has 1 aromatic heterocycles. The van der Waals surface area contributed by atoms with E-state index >= 15 is 0 Å². The van der Waals surface area contributed by atoms with E-state index in [1.165, 1.54) is 32.1 Å². The molecule has 0 N–H and O–H groups in total. The minimum absolute atomic E-state index is 0.323. The molecule has 0 spiro atoms. The molecular formula is C28H33N2O3+. The Morgan fingerprint density at radius 3 is 2.39 bits per heavy atom. The molecule has 1 aliphatic heterocycles. The van der Waals surface area contributed by atoms with Gasteiger partial charge in [-0.1, -0.05) is 24.3 Å². The Hall–Kier alpha value is -3.34. The van der Waals surface area contributed by atoms with Gasteiger partial charge in [0.15, 0.2) is 0 Å². The molecule has 4 rings (SSSR count). The molecule has 0 unspecified atom stereocenters. The van der Waals surface area contributed by atoms with Gasteiger partial charge in [0.25, 0.3) is 0 Å². The predicted molar refractivity (Wildman–Crippen MR) is 135 cm³/mol. The number of nitrogens with zero attached hydrogens (tertiary/aromatic N) is 2. The molecule has 5 heteroatoms. The number of methoxy groups -OCH3 is 1. The maximum Gasteiger partial charge on any atom is 0.368 e. The summed E-state index contributed by atoms with van der Waals surface area (Å²) >= 11 is 0. The normalized spacial score (nSPS) is 14.1. The first kappa shape index (κ1) is 22.8. The van der Waals surface area contributed by atoms with Crippen molar-refractivity contribution in [1.82, 2.24) is 4.58 Å². The molecule has 3 aromatic rings. The van der Waals surface area contributed by atoms with Gasteiger partial charge in [0.05, 0.1) is 18.7 Å². The van der Waals surface area contributed by atoms with Gasteiger partial charge in [0.1, 0.15) is 18.7 Å². The lowest BCUT2D eigenvalue weighted by Crippen LogP contribution is -2.34. The minimum Gasteiger partial charge on any atom is -0.465 e. The summed E-state index contributed by atoms with van der Waals surface area (Å²) in [6, 6.07) is 16.1. The second-order valence-electron chi connectivity index (χ2n) is 8.39. The van der Waals surface area contributed by atoms with E-state index in [0.29, 0.717) is 5.56 Å².